The largest absolute Gasteiger partial charge is 0.491 e. The van der Waals surface area contributed by atoms with Gasteiger partial charge >= 0.3 is 0 Å². The van der Waals surface area contributed by atoms with Crippen LogP contribution in [0.5, 0.6) is 11.5 Å². The van der Waals surface area contributed by atoms with Crippen LogP contribution < -0.4 is 9.47 Å². The zero-order chi connectivity index (χ0) is 20.7. The van der Waals surface area contributed by atoms with Gasteiger partial charge in [-0.15, -0.1) is 0 Å². The number of benzene rings is 3. The van der Waals surface area contributed by atoms with E-state index in [-0.39, 0.29) is 18.4 Å². The van der Waals surface area contributed by atoms with Gasteiger partial charge in [-0.1, -0.05) is 48.0 Å². The van der Waals surface area contributed by atoms with Crippen molar-refractivity contribution in [3.05, 3.63) is 95.1 Å². The standard InChI is InChI=1S/C26H26N2O2/c1-17(2)29-21-14-12-20(13-15-21)26-28-24(22-6-4-5-7-25(22)30-26)16-23(27-28)19-10-8-18(3)9-11-19/h4-15,17,24,26H,16H2,1-3H3. The topological polar surface area (TPSA) is 34.1 Å². The first kappa shape index (κ1) is 18.7. The molecular formula is C26H26N2O2. The van der Waals surface area contributed by atoms with Crippen LogP contribution in [-0.2, 0) is 0 Å². The summed E-state index contributed by atoms with van der Waals surface area (Å²) in [7, 11) is 0. The number of hydrogen-bond donors (Lipinski definition) is 0. The van der Waals surface area contributed by atoms with Crippen LogP contribution in [-0.4, -0.2) is 16.8 Å². The third kappa shape index (κ3) is 3.43. The summed E-state index contributed by atoms with van der Waals surface area (Å²) in [4.78, 5) is 0. The Morgan fingerprint density at radius 3 is 2.43 bits per heavy atom. The lowest BCUT2D eigenvalue weighted by Gasteiger charge is -2.38. The van der Waals surface area contributed by atoms with E-state index < -0.39 is 0 Å². The van der Waals surface area contributed by atoms with Gasteiger partial charge in [0.05, 0.1) is 17.9 Å². The predicted octanol–water partition coefficient (Wildman–Crippen LogP) is 6.02. The molecule has 4 heteroatoms. The van der Waals surface area contributed by atoms with E-state index >= 15 is 0 Å². The Balaban J connectivity index is 1.51. The number of hydrogen-bond acceptors (Lipinski definition) is 4. The predicted molar refractivity (Wildman–Crippen MR) is 119 cm³/mol. The number of ether oxygens (including phenoxy) is 2. The SMILES string of the molecule is Cc1ccc(C2=NN3C(C2)c2ccccc2OC3c2ccc(OC(C)C)cc2)cc1. The molecule has 3 aromatic rings. The maximum absolute atomic E-state index is 6.43. The van der Waals surface area contributed by atoms with Crippen LogP contribution in [0.15, 0.2) is 77.9 Å². The van der Waals surface area contributed by atoms with Crippen molar-refractivity contribution in [3.8, 4) is 11.5 Å². The van der Waals surface area contributed by atoms with Crippen molar-refractivity contribution in [1.82, 2.24) is 5.01 Å². The molecule has 0 N–H and O–H groups in total. The van der Waals surface area contributed by atoms with E-state index in [0.717, 1.165) is 29.2 Å². The first-order valence-corrected chi connectivity index (χ1v) is 10.5. The lowest BCUT2D eigenvalue weighted by Crippen LogP contribution is -2.33. The molecule has 2 heterocycles. The smallest absolute Gasteiger partial charge is 0.213 e. The van der Waals surface area contributed by atoms with Gasteiger partial charge in [0, 0.05) is 17.5 Å². The molecule has 2 aliphatic heterocycles. The van der Waals surface area contributed by atoms with Crippen molar-refractivity contribution < 1.29 is 9.47 Å². The van der Waals surface area contributed by atoms with E-state index in [1.165, 1.54) is 16.7 Å². The molecule has 0 saturated carbocycles. The van der Waals surface area contributed by atoms with Crippen molar-refractivity contribution in [2.45, 2.75) is 45.6 Å². The fourth-order valence-corrected chi connectivity index (χ4v) is 4.16. The van der Waals surface area contributed by atoms with Crippen LogP contribution in [0.25, 0.3) is 0 Å². The highest BCUT2D eigenvalue weighted by molar-refractivity contribution is 6.02. The summed E-state index contributed by atoms with van der Waals surface area (Å²) in [6.45, 7) is 6.17. The monoisotopic (exact) mass is 398 g/mol. The molecule has 5 rings (SSSR count). The van der Waals surface area contributed by atoms with Gasteiger partial charge in [-0.2, -0.15) is 5.10 Å². The molecule has 3 aromatic carbocycles. The molecule has 30 heavy (non-hydrogen) atoms. The van der Waals surface area contributed by atoms with Crippen LogP contribution in [0.3, 0.4) is 0 Å². The fourth-order valence-electron chi connectivity index (χ4n) is 4.16. The number of nitrogens with zero attached hydrogens (tertiary/aromatic N) is 2. The fraction of sp³-hybridized carbons (Fsp3) is 0.269. The Morgan fingerprint density at radius 2 is 1.70 bits per heavy atom. The molecule has 0 spiro atoms. The molecule has 0 saturated heterocycles. The first-order chi connectivity index (χ1) is 14.6. The highest BCUT2D eigenvalue weighted by atomic mass is 16.5. The number of para-hydroxylation sites is 1. The summed E-state index contributed by atoms with van der Waals surface area (Å²) >= 11 is 0. The van der Waals surface area contributed by atoms with E-state index in [9.17, 15) is 0 Å². The quantitative estimate of drug-likeness (QED) is 0.538. The van der Waals surface area contributed by atoms with Crippen LogP contribution in [0.2, 0.25) is 0 Å². The number of rotatable bonds is 4. The van der Waals surface area contributed by atoms with Gasteiger partial charge in [-0.3, -0.25) is 0 Å². The Kier molecular flexibility index (Phi) is 4.70. The van der Waals surface area contributed by atoms with E-state index in [2.05, 4.69) is 66.5 Å². The second-order valence-corrected chi connectivity index (χ2v) is 8.26. The molecule has 2 unspecified atom stereocenters. The lowest BCUT2D eigenvalue weighted by molar-refractivity contribution is -0.0190. The van der Waals surface area contributed by atoms with Gasteiger partial charge in [0.1, 0.15) is 11.5 Å². The zero-order valence-electron chi connectivity index (χ0n) is 17.6. The normalized spacial score (nSPS) is 19.7. The molecular weight excluding hydrogens is 372 g/mol. The highest BCUT2D eigenvalue weighted by Crippen LogP contribution is 2.47. The highest BCUT2D eigenvalue weighted by Gasteiger charge is 2.40. The maximum Gasteiger partial charge on any atom is 0.213 e. The van der Waals surface area contributed by atoms with Crippen molar-refractivity contribution in [2.24, 2.45) is 5.10 Å². The minimum absolute atomic E-state index is 0.151. The van der Waals surface area contributed by atoms with Crippen LogP contribution in [0, 0.1) is 6.92 Å². The van der Waals surface area contributed by atoms with Crippen molar-refractivity contribution >= 4 is 5.71 Å². The number of fused-ring (bicyclic) bond motifs is 3. The van der Waals surface area contributed by atoms with Gasteiger partial charge in [0.25, 0.3) is 0 Å². The summed E-state index contributed by atoms with van der Waals surface area (Å²) in [6.07, 6.45) is 0.758. The van der Waals surface area contributed by atoms with Crippen LogP contribution in [0.4, 0.5) is 0 Å². The zero-order valence-corrected chi connectivity index (χ0v) is 17.6. The molecule has 0 amide bonds. The first-order valence-electron chi connectivity index (χ1n) is 10.5. The minimum Gasteiger partial charge on any atom is -0.491 e. The summed E-state index contributed by atoms with van der Waals surface area (Å²) in [5.41, 5.74) is 5.79. The minimum atomic E-state index is -0.263. The van der Waals surface area contributed by atoms with Gasteiger partial charge in [-0.25, -0.2) is 5.01 Å². The molecule has 2 atom stereocenters. The Bertz CT molecular complexity index is 1070. The van der Waals surface area contributed by atoms with E-state index in [1.54, 1.807) is 0 Å². The van der Waals surface area contributed by atoms with E-state index in [0.29, 0.717) is 0 Å². The van der Waals surface area contributed by atoms with E-state index in [4.69, 9.17) is 14.6 Å². The second kappa shape index (κ2) is 7.52. The average molecular weight is 399 g/mol. The van der Waals surface area contributed by atoms with Crippen LogP contribution in [0.1, 0.15) is 54.8 Å². The second-order valence-electron chi connectivity index (χ2n) is 8.26. The Hall–Kier alpha value is -3.27. The molecule has 0 aromatic heterocycles. The molecule has 152 valence electrons. The number of hydrazone groups is 1. The van der Waals surface area contributed by atoms with Gasteiger partial charge in [0.2, 0.25) is 6.23 Å². The molecule has 4 nitrogen and oxygen atoms in total. The van der Waals surface area contributed by atoms with Gasteiger partial charge in [-0.05, 0) is 56.7 Å². The molecule has 2 aliphatic rings. The summed E-state index contributed by atoms with van der Waals surface area (Å²) < 4.78 is 12.2. The Morgan fingerprint density at radius 1 is 0.967 bits per heavy atom. The molecule has 0 radical (unpaired) electrons. The Labute approximate surface area is 177 Å². The number of aryl methyl sites for hydroxylation is 1. The summed E-state index contributed by atoms with van der Waals surface area (Å²) in [5, 5.41) is 7.15. The van der Waals surface area contributed by atoms with E-state index in [1.807, 2.05) is 32.0 Å². The molecule has 0 bridgehead atoms. The van der Waals surface area contributed by atoms with Gasteiger partial charge < -0.3 is 9.47 Å². The summed E-state index contributed by atoms with van der Waals surface area (Å²) in [5.74, 6) is 1.80. The third-order valence-corrected chi connectivity index (χ3v) is 5.62. The molecule has 0 fully saturated rings. The van der Waals surface area contributed by atoms with Crippen molar-refractivity contribution in [2.75, 3.05) is 0 Å². The molecule has 0 aliphatic carbocycles. The van der Waals surface area contributed by atoms with Gasteiger partial charge in [0.15, 0.2) is 0 Å². The maximum atomic E-state index is 6.43. The van der Waals surface area contributed by atoms with Crippen LogP contribution >= 0.6 is 0 Å². The lowest BCUT2D eigenvalue weighted by atomic mass is 9.95. The third-order valence-electron chi connectivity index (χ3n) is 5.62. The summed E-state index contributed by atoms with van der Waals surface area (Å²) in [6, 6.07) is 25.3. The average Bonchev–Trinajstić information content (AvgIpc) is 3.20. The van der Waals surface area contributed by atoms with Crippen molar-refractivity contribution in [1.29, 1.82) is 0 Å². The van der Waals surface area contributed by atoms with Crippen molar-refractivity contribution in [3.63, 3.8) is 0 Å².